The number of nitrogens with zero attached hydrogens (tertiary/aromatic N) is 1. The minimum absolute atomic E-state index is 0.0299. The molecule has 0 saturated heterocycles. The van der Waals surface area contributed by atoms with E-state index in [4.69, 9.17) is 5.11 Å². The topological polar surface area (TPSA) is 54.3 Å². The molecular formula is C12H20N2O2. The second-order valence-corrected chi connectivity index (χ2v) is 4.10. The highest BCUT2D eigenvalue weighted by molar-refractivity contribution is 5.92. The summed E-state index contributed by atoms with van der Waals surface area (Å²) in [5, 5.41) is 11.9. The van der Waals surface area contributed by atoms with Crippen LogP contribution in [0.15, 0.2) is 18.3 Å². The largest absolute Gasteiger partial charge is 0.396 e. The Balaban J connectivity index is 2.65. The Morgan fingerprint density at radius 3 is 2.81 bits per heavy atom. The summed E-state index contributed by atoms with van der Waals surface area (Å²) in [5.41, 5.74) is 0.666. The maximum Gasteiger partial charge on any atom is 0.268 e. The number of aliphatic hydroxyl groups is 1. The van der Waals surface area contributed by atoms with Crippen molar-refractivity contribution in [3.05, 3.63) is 24.0 Å². The zero-order valence-corrected chi connectivity index (χ0v) is 10.1. The molecule has 4 nitrogen and oxygen atoms in total. The molecule has 2 atom stereocenters. The first-order valence-corrected chi connectivity index (χ1v) is 5.67. The summed E-state index contributed by atoms with van der Waals surface area (Å²) < 4.78 is 1.89. The summed E-state index contributed by atoms with van der Waals surface area (Å²) in [6.07, 6.45) is 1.88. The molecule has 0 saturated carbocycles. The monoisotopic (exact) mass is 224 g/mol. The van der Waals surface area contributed by atoms with E-state index < -0.39 is 0 Å². The highest BCUT2D eigenvalue weighted by Crippen LogP contribution is 2.05. The van der Waals surface area contributed by atoms with Crippen LogP contribution in [-0.4, -0.2) is 28.2 Å². The highest BCUT2D eigenvalue weighted by atomic mass is 16.3. The third kappa shape index (κ3) is 2.85. The molecule has 1 aromatic rings. The first-order valence-electron chi connectivity index (χ1n) is 5.67. The Hall–Kier alpha value is -1.29. The van der Waals surface area contributed by atoms with Crippen molar-refractivity contribution >= 4 is 5.91 Å². The number of hydrogen-bond donors (Lipinski definition) is 2. The molecule has 90 valence electrons. The number of carbonyl (C=O) groups excluding carboxylic acids is 1. The van der Waals surface area contributed by atoms with E-state index in [-0.39, 0.29) is 24.5 Å². The minimum Gasteiger partial charge on any atom is -0.396 e. The maximum atomic E-state index is 11.9. The number of hydrogen-bond acceptors (Lipinski definition) is 2. The average Bonchev–Trinajstić information content (AvgIpc) is 2.75. The van der Waals surface area contributed by atoms with Crippen LogP contribution in [0.25, 0.3) is 0 Å². The standard InChI is InChI=1S/C12H20N2O2/c1-4-14-7-5-6-11(14)12(16)13-10(3)9(2)8-15/h5-7,9-10,15H,4,8H2,1-3H3,(H,13,16). The fraction of sp³-hybridized carbons (Fsp3) is 0.583. The summed E-state index contributed by atoms with van der Waals surface area (Å²) in [6, 6.07) is 3.63. The fourth-order valence-electron chi connectivity index (χ4n) is 1.48. The van der Waals surface area contributed by atoms with Crippen LogP contribution in [0.4, 0.5) is 0 Å². The molecule has 0 aromatic carbocycles. The molecule has 1 heterocycles. The first kappa shape index (κ1) is 12.8. The van der Waals surface area contributed by atoms with Crippen molar-refractivity contribution in [3.63, 3.8) is 0 Å². The number of aliphatic hydroxyl groups excluding tert-OH is 1. The highest BCUT2D eigenvalue weighted by Gasteiger charge is 2.16. The zero-order valence-electron chi connectivity index (χ0n) is 10.1. The first-order chi connectivity index (χ1) is 7.60. The van der Waals surface area contributed by atoms with Crippen LogP contribution < -0.4 is 5.32 Å². The van der Waals surface area contributed by atoms with E-state index in [1.54, 1.807) is 6.07 Å². The van der Waals surface area contributed by atoms with Crippen LogP contribution in [0, 0.1) is 5.92 Å². The summed E-state index contributed by atoms with van der Waals surface area (Å²) in [5.74, 6) is -0.0198. The van der Waals surface area contributed by atoms with Crippen LogP contribution >= 0.6 is 0 Å². The molecule has 4 heteroatoms. The second-order valence-electron chi connectivity index (χ2n) is 4.10. The second kappa shape index (κ2) is 5.70. The van der Waals surface area contributed by atoms with Gasteiger partial charge >= 0.3 is 0 Å². The van der Waals surface area contributed by atoms with E-state index in [2.05, 4.69) is 5.32 Å². The fourth-order valence-corrected chi connectivity index (χ4v) is 1.48. The molecule has 0 aliphatic heterocycles. The molecule has 0 radical (unpaired) electrons. The molecule has 0 spiro atoms. The predicted molar refractivity (Wildman–Crippen MR) is 63.3 cm³/mol. The lowest BCUT2D eigenvalue weighted by Crippen LogP contribution is -2.39. The van der Waals surface area contributed by atoms with E-state index in [1.807, 2.05) is 37.6 Å². The number of rotatable bonds is 5. The van der Waals surface area contributed by atoms with Gasteiger partial charge in [0, 0.05) is 25.4 Å². The molecule has 0 aliphatic rings. The van der Waals surface area contributed by atoms with Crippen LogP contribution in [0.1, 0.15) is 31.3 Å². The lowest BCUT2D eigenvalue weighted by molar-refractivity contribution is 0.0907. The Bertz CT molecular complexity index is 347. The van der Waals surface area contributed by atoms with Gasteiger partial charge in [0.05, 0.1) is 0 Å². The van der Waals surface area contributed by atoms with Gasteiger partial charge in [-0.05, 0) is 31.9 Å². The van der Waals surface area contributed by atoms with Gasteiger partial charge in [-0.15, -0.1) is 0 Å². The quantitative estimate of drug-likeness (QED) is 0.791. The van der Waals surface area contributed by atoms with Gasteiger partial charge in [0.1, 0.15) is 5.69 Å². The summed E-state index contributed by atoms with van der Waals surface area (Å²) in [7, 11) is 0. The van der Waals surface area contributed by atoms with Gasteiger partial charge in [-0.2, -0.15) is 0 Å². The molecular weight excluding hydrogens is 204 g/mol. The van der Waals surface area contributed by atoms with Crippen molar-refractivity contribution < 1.29 is 9.90 Å². The molecule has 16 heavy (non-hydrogen) atoms. The molecule has 1 rings (SSSR count). The van der Waals surface area contributed by atoms with E-state index >= 15 is 0 Å². The Morgan fingerprint density at radius 1 is 1.56 bits per heavy atom. The van der Waals surface area contributed by atoms with Crippen LogP contribution in [0.2, 0.25) is 0 Å². The zero-order chi connectivity index (χ0) is 12.1. The van der Waals surface area contributed by atoms with Crippen molar-refractivity contribution in [3.8, 4) is 0 Å². The van der Waals surface area contributed by atoms with Gasteiger partial charge in [-0.1, -0.05) is 6.92 Å². The van der Waals surface area contributed by atoms with Gasteiger partial charge < -0.3 is 15.0 Å². The number of carbonyl (C=O) groups is 1. The number of amides is 1. The minimum atomic E-state index is -0.0837. The molecule has 0 bridgehead atoms. The Kier molecular flexibility index (Phi) is 4.55. The van der Waals surface area contributed by atoms with Gasteiger partial charge in [0.25, 0.3) is 5.91 Å². The van der Waals surface area contributed by atoms with Gasteiger partial charge in [0.2, 0.25) is 0 Å². The summed E-state index contributed by atoms with van der Waals surface area (Å²) in [6.45, 7) is 6.66. The van der Waals surface area contributed by atoms with Crippen molar-refractivity contribution in [1.82, 2.24) is 9.88 Å². The van der Waals surface area contributed by atoms with Crippen molar-refractivity contribution in [2.75, 3.05) is 6.61 Å². The third-order valence-electron chi connectivity index (χ3n) is 2.90. The average molecular weight is 224 g/mol. The van der Waals surface area contributed by atoms with Crippen molar-refractivity contribution in [2.24, 2.45) is 5.92 Å². The lowest BCUT2D eigenvalue weighted by atomic mass is 10.1. The van der Waals surface area contributed by atoms with E-state index in [9.17, 15) is 4.79 Å². The normalized spacial score (nSPS) is 14.5. The molecule has 0 fully saturated rings. The van der Waals surface area contributed by atoms with E-state index in [0.29, 0.717) is 5.69 Å². The predicted octanol–water partition coefficient (Wildman–Crippen LogP) is 1.25. The molecule has 2 N–H and O–H groups in total. The number of aromatic nitrogens is 1. The lowest BCUT2D eigenvalue weighted by Gasteiger charge is -2.19. The molecule has 1 amide bonds. The van der Waals surface area contributed by atoms with Crippen molar-refractivity contribution in [1.29, 1.82) is 0 Å². The number of nitrogens with one attached hydrogen (secondary N) is 1. The van der Waals surface area contributed by atoms with Crippen molar-refractivity contribution in [2.45, 2.75) is 33.4 Å². The molecule has 0 aliphatic carbocycles. The third-order valence-corrected chi connectivity index (χ3v) is 2.90. The van der Waals surface area contributed by atoms with Crippen LogP contribution in [0.3, 0.4) is 0 Å². The summed E-state index contributed by atoms with van der Waals surface area (Å²) >= 11 is 0. The van der Waals surface area contributed by atoms with Crippen LogP contribution in [0.5, 0.6) is 0 Å². The molecule has 1 aromatic heterocycles. The molecule has 2 unspecified atom stereocenters. The summed E-state index contributed by atoms with van der Waals surface area (Å²) in [4.78, 5) is 11.9. The Morgan fingerprint density at radius 2 is 2.25 bits per heavy atom. The smallest absolute Gasteiger partial charge is 0.268 e. The van der Waals surface area contributed by atoms with E-state index in [0.717, 1.165) is 6.54 Å². The van der Waals surface area contributed by atoms with E-state index in [1.165, 1.54) is 0 Å². The maximum absolute atomic E-state index is 11.9. The van der Waals surface area contributed by atoms with Gasteiger partial charge in [-0.25, -0.2) is 0 Å². The SMILES string of the molecule is CCn1cccc1C(=O)NC(C)C(C)CO. The number of aryl methyl sites for hydroxylation is 1. The Labute approximate surface area is 96.3 Å². The van der Waals surface area contributed by atoms with Crippen LogP contribution in [-0.2, 0) is 6.54 Å². The van der Waals surface area contributed by atoms with Gasteiger partial charge in [0.15, 0.2) is 0 Å². The van der Waals surface area contributed by atoms with Gasteiger partial charge in [-0.3, -0.25) is 4.79 Å².